The molecule has 2 aromatic carbocycles. The number of methoxy groups -OCH3 is 1. The number of hydrazone groups is 1. The van der Waals surface area contributed by atoms with E-state index in [1.165, 1.54) is 0 Å². The number of ether oxygens (including phenoxy) is 2. The maximum atomic E-state index is 5.78. The highest BCUT2D eigenvalue weighted by Gasteiger charge is 2.01. The van der Waals surface area contributed by atoms with Crippen LogP contribution in [0.4, 0.5) is 0 Å². The van der Waals surface area contributed by atoms with Crippen LogP contribution in [0.25, 0.3) is 0 Å². The fourth-order valence-corrected chi connectivity index (χ4v) is 2.19. The van der Waals surface area contributed by atoms with E-state index in [-0.39, 0.29) is 0 Å². The van der Waals surface area contributed by atoms with Crippen LogP contribution in [0.1, 0.15) is 18.1 Å². The van der Waals surface area contributed by atoms with Gasteiger partial charge >= 0.3 is 0 Å². The van der Waals surface area contributed by atoms with Gasteiger partial charge in [0, 0.05) is 13.7 Å². The highest BCUT2D eigenvalue weighted by molar-refractivity contribution is 7.80. The molecule has 0 aliphatic carbocycles. The number of benzene rings is 2. The number of hydrogen-bond acceptors (Lipinski definition) is 4. The smallest absolute Gasteiger partial charge is 0.187 e. The fraction of sp³-hybridized carbons (Fsp3) is 0.263. The predicted octanol–water partition coefficient (Wildman–Crippen LogP) is 3.10. The van der Waals surface area contributed by atoms with Gasteiger partial charge in [-0.25, -0.2) is 0 Å². The number of nitrogens with one attached hydrogen (secondary N) is 2. The van der Waals surface area contributed by atoms with E-state index in [0.29, 0.717) is 24.9 Å². The Morgan fingerprint density at radius 2 is 1.80 bits per heavy atom. The van der Waals surface area contributed by atoms with E-state index < -0.39 is 0 Å². The number of rotatable bonds is 8. The van der Waals surface area contributed by atoms with E-state index in [4.69, 9.17) is 21.7 Å². The van der Waals surface area contributed by atoms with Crippen LogP contribution in [0.3, 0.4) is 0 Å². The second kappa shape index (κ2) is 10.4. The Bertz CT molecular complexity index is 688. The molecule has 0 amide bonds. The molecule has 0 aromatic heterocycles. The third-order valence-corrected chi connectivity index (χ3v) is 3.67. The van der Waals surface area contributed by atoms with Gasteiger partial charge in [0.2, 0.25) is 0 Å². The second-order valence-corrected chi connectivity index (χ2v) is 5.76. The Labute approximate surface area is 154 Å². The molecule has 5 nitrogen and oxygen atoms in total. The largest absolute Gasteiger partial charge is 0.489 e. The van der Waals surface area contributed by atoms with Gasteiger partial charge in [0.15, 0.2) is 5.11 Å². The third-order valence-electron chi connectivity index (χ3n) is 3.44. The van der Waals surface area contributed by atoms with Gasteiger partial charge in [0.05, 0.1) is 12.3 Å². The summed E-state index contributed by atoms with van der Waals surface area (Å²) in [5.74, 6) is 0.824. The van der Waals surface area contributed by atoms with Crippen molar-refractivity contribution < 1.29 is 9.47 Å². The minimum Gasteiger partial charge on any atom is -0.489 e. The van der Waals surface area contributed by atoms with Crippen molar-refractivity contribution >= 4 is 23.0 Å². The first-order valence-electron chi connectivity index (χ1n) is 8.03. The molecule has 0 aliphatic rings. The molecule has 0 saturated heterocycles. The molecular weight excluding hydrogens is 334 g/mol. The van der Waals surface area contributed by atoms with Crippen molar-refractivity contribution in [1.29, 1.82) is 0 Å². The first kappa shape index (κ1) is 18.9. The maximum Gasteiger partial charge on any atom is 0.187 e. The molecule has 0 fully saturated rings. The van der Waals surface area contributed by atoms with E-state index in [1.54, 1.807) is 7.11 Å². The van der Waals surface area contributed by atoms with Gasteiger partial charge < -0.3 is 14.8 Å². The minimum atomic E-state index is 0.471. The van der Waals surface area contributed by atoms with E-state index in [2.05, 4.69) is 15.8 Å². The van der Waals surface area contributed by atoms with Gasteiger partial charge in [0.25, 0.3) is 0 Å². The molecule has 132 valence electrons. The first-order valence-corrected chi connectivity index (χ1v) is 8.44. The monoisotopic (exact) mass is 357 g/mol. The van der Waals surface area contributed by atoms with Gasteiger partial charge in [-0.2, -0.15) is 5.10 Å². The van der Waals surface area contributed by atoms with Crippen LogP contribution in [-0.4, -0.2) is 31.1 Å². The molecule has 0 spiro atoms. The molecule has 25 heavy (non-hydrogen) atoms. The summed E-state index contributed by atoms with van der Waals surface area (Å²) in [6, 6.07) is 17.9. The zero-order valence-corrected chi connectivity index (χ0v) is 15.3. The van der Waals surface area contributed by atoms with Crippen LogP contribution in [0.5, 0.6) is 5.75 Å². The summed E-state index contributed by atoms with van der Waals surface area (Å²) in [4.78, 5) is 0. The molecule has 0 atom stereocenters. The van der Waals surface area contributed by atoms with Gasteiger partial charge in [-0.05, 0) is 54.5 Å². The predicted molar refractivity (Wildman–Crippen MR) is 105 cm³/mol. The highest BCUT2D eigenvalue weighted by Crippen LogP contribution is 2.14. The van der Waals surface area contributed by atoms with E-state index >= 15 is 0 Å². The minimum absolute atomic E-state index is 0.471. The summed E-state index contributed by atoms with van der Waals surface area (Å²) >= 11 is 5.13. The summed E-state index contributed by atoms with van der Waals surface area (Å²) in [6.07, 6.45) is 0. The van der Waals surface area contributed by atoms with Crippen molar-refractivity contribution in [1.82, 2.24) is 10.7 Å². The summed E-state index contributed by atoms with van der Waals surface area (Å²) in [5, 5.41) is 7.75. The Morgan fingerprint density at radius 3 is 2.48 bits per heavy atom. The van der Waals surface area contributed by atoms with Gasteiger partial charge in [0.1, 0.15) is 12.4 Å². The second-order valence-electron chi connectivity index (χ2n) is 5.36. The van der Waals surface area contributed by atoms with Crippen LogP contribution < -0.4 is 15.5 Å². The van der Waals surface area contributed by atoms with Crippen LogP contribution in [0, 0.1) is 0 Å². The summed E-state index contributed by atoms with van der Waals surface area (Å²) in [7, 11) is 1.65. The van der Waals surface area contributed by atoms with E-state index in [0.717, 1.165) is 22.6 Å². The van der Waals surface area contributed by atoms with Gasteiger partial charge in [-0.3, -0.25) is 5.43 Å². The zero-order chi connectivity index (χ0) is 17.9. The molecule has 0 heterocycles. The molecule has 6 heteroatoms. The van der Waals surface area contributed by atoms with Crippen molar-refractivity contribution in [2.24, 2.45) is 5.10 Å². The van der Waals surface area contributed by atoms with Gasteiger partial charge in [-0.1, -0.05) is 30.3 Å². The Hall–Kier alpha value is -2.44. The SMILES string of the molecule is COCCNC(=S)N/N=C(/C)c1ccc(OCc2ccccc2)cc1. The number of thiocarbonyl (C=S) groups is 1. The summed E-state index contributed by atoms with van der Waals surface area (Å²) in [6.45, 7) is 3.71. The Balaban J connectivity index is 1.83. The van der Waals surface area contributed by atoms with Crippen molar-refractivity contribution in [3.63, 3.8) is 0 Å². The Kier molecular flexibility index (Phi) is 7.88. The molecular formula is C19H23N3O2S. The molecule has 2 N–H and O–H groups in total. The molecule has 2 rings (SSSR count). The number of nitrogens with zero attached hydrogens (tertiary/aromatic N) is 1. The van der Waals surface area contributed by atoms with E-state index in [1.807, 2.05) is 61.5 Å². The quantitative estimate of drug-likeness (QED) is 0.329. The van der Waals surface area contributed by atoms with Crippen LogP contribution in [-0.2, 0) is 11.3 Å². The average molecular weight is 357 g/mol. The average Bonchev–Trinajstić information content (AvgIpc) is 2.66. The van der Waals surface area contributed by atoms with E-state index in [9.17, 15) is 0 Å². The number of hydrogen-bond donors (Lipinski definition) is 2. The first-order chi connectivity index (χ1) is 12.2. The maximum absolute atomic E-state index is 5.78. The van der Waals surface area contributed by atoms with Crippen molar-refractivity contribution in [2.75, 3.05) is 20.3 Å². The third kappa shape index (κ3) is 6.91. The van der Waals surface area contributed by atoms with Crippen LogP contribution >= 0.6 is 12.2 Å². The lowest BCUT2D eigenvalue weighted by Gasteiger charge is -2.09. The van der Waals surface area contributed by atoms with Gasteiger partial charge in [-0.15, -0.1) is 0 Å². The molecule has 0 unspecified atom stereocenters. The fourth-order valence-electron chi connectivity index (χ4n) is 2.04. The molecule has 2 aromatic rings. The molecule has 0 bridgehead atoms. The van der Waals surface area contributed by atoms with Crippen LogP contribution in [0.2, 0.25) is 0 Å². The van der Waals surface area contributed by atoms with Crippen LogP contribution in [0.15, 0.2) is 59.7 Å². The topological polar surface area (TPSA) is 54.9 Å². The Morgan fingerprint density at radius 1 is 1.08 bits per heavy atom. The molecule has 0 aliphatic heterocycles. The molecule has 0 radical (unpaired) electrons. The lowest BCUT2D eigenvalue weighted by atomic mass is 10.1. The lowest BCUT2D eigenvalue weighted by Crippen LogP contribution is -2.34. The zero-order valence-electron chi connectivity index (χ0n) is 14.5. The van der Waals surface area contributed by atoms with Crippen molar-refractivity contribution in [2.45, 2.75) is 13.5 Å². The highest BCUT2D eigenvalue weighted by atomic mass is 32.1. The lowest BCUT2D eigenvalue weighted by molar-refractivity contribution is 0.204. The van der Waals surface area contributed by atoms with Crippen molar-refractivity contribution in [3.05, 3.63) is 65.7 Å². The molecule has 0 saturated carbocycles. The standard InChI is InChI=1S/C19H23N3O2S/c1-15(21-22-19(25)20-12-13-23-2)17-8-10-18(11-9-17)24-14-16-6-4-3-5-7-16/h3-11H,12-14H2,1-2H3,(H2,20,22,25)/b21-15-. The summed E-state index contributed by atoms with van der Waals surface area (Å²) in [5.41, 5.74) is 5.80. The van der Waals surface area contributed by atoms with Crippen molar-refractivity contribution in [3.8, 4) is 5.75 Å². The normalized spacial score (nSPS) is 11.0. The summed E-state index contributed by atoms with van der Waals surface area (Å²) < 4.78 is 10.7.